The van der Waals surface area contributed by atoms with Gasteiger partial charge in [-0.15, -0.1) is 0 Å². The van der Waals surface area contributed by atoms with Crippen LogP contribution in [-0.2, 0) is 6.42 Å². The molecule has 0 saturated carbocycles. The molecule has 0 bridgehead atoms. The molecule has 2 nitrogen and oxygen atoms in total. The Morgan fingerprint density at radius 3 is 2.53 bits per heavy atom. The molecule has 4 heteroatoms. The summed E-state index contributed by atoms with van der Waals surface area (Å²) >= 11 is 0. The monoisotopic (exact) mass is 270 g/mol. The summed E-state index contributed by atoms with van der Waals surface area (Å²) in [7, 11) is 0. The first kappa shape index (κ1) is 16.1. The van der Waals surface area contributed by atoms with Gasteiger partial charge in [0.2, 0.25) is 0 Å². The van der Waals surface area contributed by atoms with Crippen LogP contribution < -0.4 is 5.32 Å². The molecule has 0 radical (unpaired) electrons. The number of halogens is 2. The zero-order valence-electron chi connectivity index (χ0n) is 11.9. The van der Waals surface area contributed by atoms with E-state index in [2.05, 4.69) is 24.1 Å². The second-order valence-corrected chi connectivity index (χ2v) is 4.59. The first-order chi connectivity index (χ1) is 9.19. The average Bonchev–Trinajstić information content (AvgIpc) is 2.42. The quantitative estimate of drug-likeness (QED) is 0.694. The van der Waals surface area contributed by atoms with Crippen LogP contribution in [0.2, 0.25) is 0 Å². The third-order valence-corrected chi connectivity index (χ3v) is 3.33. The SMILES string of the molecule is CCN(CC)CCCNCCc1cccc(F)c1F. The van der Waals surface area contributed by atoms with E-state index in [0.717, 1.165) is 38.7 Å². The Hall–Kier alpha value is -1.00. The smallest absolute Gasteiger partial charge is 0.162 e. The van der Waals surface area contributed by atoms with Gasteiger partial charge >= 0.3 is 0 Å². The number of nitrogens with one attached hydrogen (secondary N) is 1. The minimum atomic E-state index is -0.765. The highest BCUT2D eigenvalue weighted by atomic mass is 19.2. The molecule has 0 aliphatic carbocycles. The fourth-order valence-corrected chi connectivity index (χ4v) is 2.06. The number of rotatable bonds is 9. The summed E-state index contributed by atoms with van der Waals surface area (Å²) in [5.41, 5.74) is 0.441. The standard InChI is InChI=1S/C15H24F2N2/c1-3-19(4-2)12-6-10-18-11-9-13-7-5-8-14(16)15(13)17/h5,7-8,18H,3-4,6,9-12H2,1-2H3. The fourth-order valence-electron chi connectivity index (χ4n) is 2.06. The molecule has 1 N–H and O–H groups in total. The van der Waals surface area contributed by atoms with Crippen molar-refractivity contribution in [2.75, 3.05) is 32.7 Å². The molecule has 1 aromatic carbocycles. The molecule has 19 heavy (non-hydrogen) atoms. The fraction of sp³-hybridized carbons (Fsp3) is 0.600. The third-order valence-electron chi connectivity index (χ3n) is 3.33. The van der Waals surface area contributed by atoms with Crippen molar-refractivity contribution in [2.45, 2.75) is 26.7 Å². The van der Waals surface area contributed by atoms with Crippen LogP contribution in [0, 0.1) is 11.6 Å². The molecule has 0 atom stereocenters. The van der Waals surface area contributed by atoms with E-state index in [0.29, 0.717) is 18.5 Å². The van der Waals surface area contributed by atoms with Gasteiger partial charge in [0.25, 0.3) is 0 Å². The first-order valence-corrected chi connectivity index (χ1v) is 7.05. The maximum atomic E-state index is 13.4. The zero-order chi connectivity index (χ0) is 14.1. The summed E-state index contributed by atoms with van der Waals surface area (Å²) in [6.07, 6.45) is 1.60. The first-order valence-electron chi connectivity index (χ1n) is 7.05. The summed E-state index contributed by atoms with van der Waals surface area (Å²) in [6.45, 7) is 9.13. The Labute approximate surface area is 114 Å². The van der Waals surface area contributed by atoms with Crippen molar-refractivity contribution in [1.29, 1.82) is 0 Å². The predicted octanol–water partition coefficient (Wildman–Crippen LogP) is 2.83. The van der Waals surface area contributed by atoms with Gasteiger partial charge in [-0.3, -0.25) is 0 Å². The van der Waals surface area contributed by atoms with Crippen molar-refractivity contribution in [3.8, 4) is 0 Å². The molecular formula is C15H24F2N2. The second kappa shape index (κ2) is 8.99. The van der Waals surface area contributed by atoms with Gasteiger partial charge in [0.05, 0.1) is 0 Å². The molecule has 0 spiro atoms. The third kappa shape index (κ3) is 5.66. The Balaban J connectivity index is 2.16. The van der Waals surface area contributed by atoms with E-state index in [1.807, 2.05) is 0 Å². The van der Waals surface area contributed by atoms with E-state index < -0.39 is 11.6 Å². The van der Waals surface area contributed by atoms with Gasteiger partial charge in [-0.1, -0.05) is 26.0 Å². The maximum Gasteiger partial charge on any atom is 0.162 e. The Kier molecular flexibility index (Phi) is 7.60. The topological polar surface area (TPSA) is 15.3 Å². The van der Waals surface area contributed by atoms with Gasteiger partial charge in [-0.25, -0.2) is 8.78 Å². The lowest BCUT2D eigenvalue weighted by Gasteiger charge is -2.17. The summed E-state index contributed by atoms with van der Waals surface area (Å²) in [5.74, 6) is -1.48. The van der Waals surface area contributed by atoms with Crippen LogP contribution in [-0.4, -0.2) is 37.6 Å². The minimum Gasteiger partial charge on any atom is -0.316 e. The van der Waals surface area contributed by atoms with Gasteiger partial charge < -0.3 is 10.2 Å². The van der Waals surface area contributed by atoms with Crippen molar-refractivity contribution in [1.82, 2.24) is 10.2 Å². The van der Waals surface area contributed by atoms with Crippen LogP contribution in [0.5, 0.6) is 0 Å². The van der Waals surface area contributed by atoms with Gasteiger partial charge in [0, 0.05) is 0 Å². The lowest BCUT2D eigenvalue weighted by atomic mass is 10.1. The maximum absolute atomic E-state index is 13.4. The molecule has 0 saturated heterocycles. The largest absolute Gasteiger partial charge is 0.316 e. The van der Waals surface area contributed by atoms with Gasteiger partial charge in [-0.2, -0.15) is 0 Å². The second-order valence-electron chi connectivity index (χ2n) is 4.59. The van der Waals surface area contributed by atoms with Crippen LogP contribution in [0.1, 0.15) is 25.8 Å². The average molecular weight is 270 g/mol. The van der Waals surface area contributed by atoms with E-state index in [9.17, 15) is 8.78 Å². The van der Waals surface area contributed by atoms with Crippen molar-refractivity contribution in [3.63, 3.8) is 0 Å². The van der Waals surface area contributed by atoms with Crippen molar-refractivity contribution in [2.24, 2.45) is 0 Å². The van der Waals surface area contributed by atoms with Gasteiger partial charge in [-0.05, 0) is 57.2 Å². The molecule has 0 fully saturated rings. The summed E-state index contributed by atoms with van der Waals surface area (Å²) in [4.78, 5) is 2.37. The van der Waals surface area contributed by atoms with E-state index in [1.54, 1.807) is 12.1 Å². The van der Waals surface area contributed by atoms with Crippen LogP contribution in [0.3, 0.4) is 0 Å². The van der Waals surface area contributed by atoms with E-state index >= 15 is 0 Å². The van der Waals surface area contributed by atoms with Gasteiger partial charge in [0.1, 0.15) is 0 Å². The Morgan fingerprint density at radius 2 is 1.84 bits per heavy atom. The molecule has 0 aliphatic heterocycles. The molecule has 0 amide bonds. The van der Waals surface area contributed by atoms with Crippen molar-refractivity contribution < 1.29 is 8.78 Å². The lowest BCUT2D eigenvalue weighted by Crippen LogP contribution is -2.27. The molecular weight excluding hydrogens is 246 g/mol. The summed E-state index contributed by atoms with van der Waals surface area (Å²) < 4.78 is 26.3. The predicted molar refractivity (Wildman–Crippen MR) is 75.3 cm³/mol. The molecule has 1 aromatic rings. The highest BCUT2D eigenvalue weighted by Gasteiger charge is 2.06. The van der Waals surface area contributed by atoms with Crippen LogP contribution in [0.15, 0.2) is 18.2 Å². The van der Waals surface area contributed by atoms with Crippen molar-refractivity contribution in [3.05, 3.63) is 35.4 Å². The number of hydrogen-bond donors (Lipinski definition) is 1. The van der Waals surface area contributed by atoms with Crippen LogP contribution in [0.25, 0.3) is 0 Å². The normalized spacial score (nSPS) is 11.2. The minimum absolute atomic E-state index is 0.441. The van der Waals surface area contributed by atoms with Crippen molar-refractivity contribution >= 4 is 0 Å². The van der Waals surface area contributed by atoms with Crippen LogP contribution in [0.4, 0.5) is 8.78 Å². The lowest BCUT2D eigenvalue weighted by molar-refractivity contribution is 0.298. The molecule has 0 heterocycles. The number of hydrogen-bond acceptors (Lipinski definition) is 2. The van der Waals surface area contributed by atoms with Crippen LogP contribution >= 0.6 is 0 Å². The van der Waals surface area contributed by atoms with E-state index in [1.165, 1.54) is 0 Å². The highest BCUT2D eigenvalue weighted by molar-refractivity contribution is 5.19. The summed E-state index contributed by atoms with van der Waals surface area (Å²) in [6, 6.07) is 4.33. The summed E-state index contributed by atoms with van der Waals surface area (Å²) in [5, 5.41) is 3.27. The Bertz CT molecular complexity index is 365. The molecule has 0 unspecified atom stereocenters. The molecule has 1 rings (SSSR count). The van der Waals surface area contributed by atoms with E-state index in [-0.39, 0.29) is 0 Å². The molecule has 108 valence electrons. The molecule has 0 aliphatic rings. The van der Waals surface area contributed by atoms with E-state index in [4.69, 9.17) is 0 Å². The van der Waals surface area contributed by atoms with Gasteiger partial charge in [0.15, 0.2) is 11.6 Å². The number of benzene rings is 1. The highest BCUT2D eigenvalue weighted by Crippen LogP contribution is 2.11. The zero-order valence-corrected chi connectivity index (χ0v) is 11.9. The molecule has 0 aromatic heterocycles. The Morgan fingerprint density at radius 1 is 1.11 bits per heavy atom. The number of nitrogens with zero attached hydrogens (tertiary/aromatic N) is 1.